The number of aromatic hydroxyl groups is 2. The van der Waals surface area contributed by atoms with Crippen molar-refractivity contribution >= 4 is 28.1 Å². The van der Waals surface area contributed by atoms with Crippen LogP contribution in [-0.4, -0.2) is 28.5 Å². The highest BCUT2D eigenvalue weighted by atomic mass is 35.5. The fourth-order valence-electron chi connectivity index (χ4n) is 1.71. The van der Waals surface area contributed by atoms with Crippen molar-refractivity contribution in [3.63, 3.8) is 0 Å². The maximum atomic E-state index is 10.1. The van der Waals surface area contributed by atoms with E-state index in [4.69, 9.17) is 16.7 Å². The maximum Gasteiger partial charge on any atom is 0.152 e. The number of phenolic OH excluding ortho intramolecular Hbond substituents is 2. The van der Waals surface area contributed by atoms with Gasteiger partial charge in [-0.2, -0.15) is 10.2 Å². The first-order valence-electron chi connectivity index (χ1n) is 5.77. The number of rotatable bonds is 4. The Balaban J connectivity index is 2.52. The van der Waals surface area contributed by atoms with E-state index in [9.17, 15) is 10.2 Å². The van der Waals surface area contributed by atoms with Crippen molar-refractivity contribution in [2.24, 2.45) is 10.2 Å². The number of aliphatic hydroxyl groups is 1. The van der Waals surface area contributed by atoms with Crippen LogP contribution < -0.4 is 0 Å². The molecule has 0 aliphatic rings. The maximum absolute atomic E-state index is 10.1. The first-order valence-corrected chi connectivity index (χ1v) is 6.15. The molecule has 0 aliphatic heterocycles. The standard InChI is InChI=1S/C13H13ClN2O3/c14-10-11(16-15-6-3-7-17)13(19)9-5-2-1-4-8(9)12(10)18/h1-2,4-5,17-19H,3,6-7H2. The molecule has 6 heteroatoms. The molecule has 0 saturated heterocycles. The van der Waals surface area contributed by atoms with E-state index in [0.717, 1.165) is 0 Å². The zero-order valence-corrected chi connectivity index (χ0v) is 10.8. The van der Waals surface area contributed by atoms with Crippen molar-refractivity contribution in [2.75, 3.05) is 13.2 Å². The summed E-state index contributed by atoms with van der Waals surface area (Å²) in [6.45, 7) is 0.335. The predicted molar refractivity (Wildman–Crippen MR) is 73.4 cm³/mol. The average molecular weight is 281 g/mol. The zero-order valence-electron chi connectivity index (χ0n) is 10.0. The van der Waals surface area contributed by atoms with Crippen LogP contribution in [0.5, 0.6) is 11.5 Å². The van der Waals surface area contributed by atoms with Gasteiger partial charge in [0.15, 0.2) is 5.75 Å². The van der Waals surface area contributed by atoms with Crippen molar-refractivity contribution < 1.29 is 15.3 Å². The summed E-state index contributed by atoms with van der Waals surface area (Å²) < 4.78 is 0. The van der Waals surface area contributed by atoms with Crippen molar-refractivity contribution in [3.05, 3.63) is 29.3 Å². The highest BCUT2D eigenvalue weighted by molar-refractivity contribution is 6.36. The van der Waals surface area contributed by atoms with Gasteiger partial charge in [-0.25, -0.2) is 0 Å². The number of phenols is 2. The van der Waals surface area contributed by atoms with Crippen LogP contribution >= 0.6 is 11.6 Å². The van der Waals surface area contributed by atoms with Crippen LogP contribution in [-0.2, 0) is 0 Å². The quantitative estimate of drug-likeness (QED) is 0.456. The topological polar surface area (TPSA) is 85.4 Å². The summed E-state index contributed by atoms with van der Waals surface area (Å²) in [5.41, 5.74) is 0.0378. The van der Waals surface area contributed by atoms with Gasteiger partial charge in [0, 0.05) is 17.4 Å². The number of halogens is 1. The first kappa shape index (κ1) is 13.6. The Bertz CT molecular complexity index is 629. The molecule has 0 saturated carbocycles. The first-order chi connectivity index (χ1) is 9.16. The zero-order chi connectivity index (χ0) is 13.8. The molecule has 19 heavy (non-hydrogen) atoms. The van der Waals surface area contributed by atoms with Crippen LogP contribution in [0.15, 0.2) is 34.5 Å². The summed E-state index contributed by atoms with van der Waals surface area (Å²) in [6, 6.07) is 6.79. The van der Waals surface area contributed by atoms with E-state index in [2.05, 4.69) is 10.2 Å². The second-order valence-electron chi connectivity index (χ2n) is 3.95. The van der Waals surface area contributed by atoms with Crippen LogP contribution in [0, 0.1) is 0 Å². The Kier molecular flexibility index (Phi) is 4.19. The van der Waals surface area contributed by atoms with Gasteiger partial charge in [0.05, 0.1) is 6.54 Å². The molecule has 5 nitrogen and oxygen atoms in total. The Morgan fingerprint density at radius 2 is 1.68 bits per heavy atom. The van der Waals surface area contributed by atoms with Crippen LogP contribution in [0.1, 0.15) is 6.42 Å². The molecule has 0 amide bonds. The number of benzene rings is 2. The van der Waals surface area contributed by atoms with Gasteiger partial charge < -0.3 is 15.3 Å². The lowest BCUT2D eigenvalue weighted by molar-refractivity contribution is 0.290. The van der Waals surface area contributed by atoms with Gasteiger partial charge in [-0.1, -0.05) is 35.9 Å². The summed E-state index contributed by atoms with van der Waals surface area (Å²) in [7, 11) is 0. The van der Waals surface area contributed by atoms with E-state index >= 15 is 0 Å². The molecule has 0 radical (unpaired) electrons. The second-order valence-corrected chi connectivity index (χ2v) is 4.33. The minimum absolute atomic E-state index is 0.0156. The highest BCUT2D eigenvalue weighted by Crippen LogP contribution is 2.47. The molecule has 0 spiro atoms. The van der Waals surface area contributed by atoms with Crippen LogP contribution in [0.25, 0.3) is 10.8 Å². The minimum Gasteiger partial charge on any atom is -0.506 e. The van der Waals surface area contributed by atoms with Crippen molar-refractivity contribution in [2.45, 2.75) is 6.42 Å². The van der Waals surface area contributed by atoms with Crippen LogP contribution in [0.4, 0.5) is 5.69 Å². The molecule has 0 unspecified atom stereocenters. The van der Waals surface area contributed by atoms with Crippen LogP contribution in [0.3, 0.4) is 0 Å². The Hall–Kier alpha value is -1.85. The summed E-state index contributed by atoms with van der Waals surface area (Å²) >= 11 is 5.98. The van der Waals surface area contributed by atoms with E-state index in [0.29, 0.717) is 23.7 Å². The Morgan fingerprint density at radius 1 is 1.05 bits per heavy atom. The Morgan fingerprint density at radius 3 is 2.32 bits per heavy atom. The Labute approximate surface area is 114 Å². The predicted octanol–water partition coefficient (Wildman–Crippen LogP) is 3.37. The molecule has 2 rings (SSSR count). The summed E-state index contributed by atoms with van der Waals surface area (Å²) in [6.07, 6.45) is 0.474. The smallest absolute Gasteiger partial charge is 0.152 e. The average Bonchev–Trinajstić information content (AvgIpc) is 2.44. The third-order valence-electron chi connectivity index (χ3n) is 2.66. The molecule has 0 heterocycles. The lowest BCUT2D eigenvalue weighted by atomic mass is 10.1. The molecule has 0 bridgehead atoms. The molecule has 0 aliphatic carbocycles. The fourth-order valence-corrected chi connectivity index (χ4v) is 1.94. The summed E-state index contributed by atoms with van der Waals surface area (Å²) in [5.74, 6) is -0.252. The van der Waals surface area contributed by atoms with Crippen LogP contribution in [0.2, 0.25) is 5.02 Å². The normalized spacial score (nSPS) is 11.5. The lowest BCUT2D eigenvalue weighted by Crippen LogP contribution is -1.85. The van der Waals surface area contributed by atoms with E-state index in [1.807, 2.05) is 0 Å². The third-order valence-corrected chi connectivity index (χ3v) is 3.02. The molecular formula is C13H13ClN2O3. The minimum atomic E-state index is -0.133. The highest BCUT2D eigenvalue weighted by Gasteiger charge is 2.16. The number of azo groups is 1. The van der Waals surface area contributed by atoms with E-state index < -0.39 is 0 Å². The van der Waals surface area contributed by atoms with Gasteiger partial charge in [0.2, 0.25) is 0 Å². The van der Waals surface area contributed by atoms with Crippen molar-refractivity contribution in [1.29, 1.82) is 0 Å². The second kappa shape index (κ2) is 5.86. The van der Waals surface area contributed by atoms with Gasteiger partial charge in [-0.05, 0) is 6.42 Å². The van der Waals surface area contributed by atoms with Crippen molar-refractivity contribution in [1.82, 2.24) is 0 Å². The largest absolute Gasteiger partial charge is 0.506 e. The van der Waals surface area contributed by atoms with Gasteiger partial charge in [-0.3, -0.25) is 0 Å². The third kappa shape index (κ3) is 2.62. The molecule has 0 fully saturated rings. The van der Waals surface area contributed by atoms with Crippen molar-refractivity contribution in [3.8, 4) is 11.5 Å². The lowest BCUT2D eigenvalue weighted by Gasteiger charge is -2.08. The van der Waals surface area contributed by atoms with E-state index in [-0.39, 0.29) is 28.8 Å². The molecule has 0 aromatic heterocycles. The molecular weight excluding hydrogens is 268 g/mol. The molecule has 0 atom stereocenters. The van der Waals surface area contributed by atoms with E-state index in [1.165, 1.54) is 0 Å². The SMILES string of the molecule is OCCCN=Nc1c(Cl)c(O)c2ccccc2c1O. The fraction of sp³-hybridized carbons (Fsp3) is 0.231. The van der Waals surface area contributed by atoms with E-state index in [1.54, 1.807) is 24.3 Å². The van der Waals surface area contributed by atoms with Gasteiger partial charge in [0.25, 0.3) is 0 Å². The number of aliphatic hydroxyl groups excluding tert-OH is 1. The number of fused-ring (bicyclic) bond motifs is 1. The molecule has 2 aromatic rings. The van der Waals surface area contributed by atoms with Gasteiger partial charge >= 0.3 is 0 Å². The number of hydrogen-bond acceptors (Lipinski definition) is 5. The number of nitrogens with zero attached hydrogens (tertiary/aromatic N) is 2. The number of hydrogen-bond donors (Lipinski definition) is 3. The van der Waals surface area contributed by atoms with Gasteiger partial charge in [0.1, 0.15) is 16.5 Å². The molecule has 3 N–H and O–H groups in total. The monoisotopic (exact) mass is 280 g/mol. The summed E-state index contributed by atoms with van der Waals surface area (Å²) in [5, 5.41) is 37.2. The van der Waals surface area contributed by atoms with Gasteiger partial charge in [-0.15, -0.1) is 0 Å². The molecule has 2 aromatic carbocycles. The summed E-state index contributed by atoms with van der Waals surface area (Å²) in [4.78, 5) is 0. The molecule has 100 valence electrons.